The molecule has 2 aromatic carbocycles. The molecule has 37 heavy (non-hydrogen) atoms. The molecule has 0 saturated heterocycles. The van der Waals surface area contributed by atoms with Gasteiger partial charge in [-0.2, -0.15) is 0 Å². The van der Waals surface area contributed by atoms with Crippen molar-refractivity contribution in [2.75, 3.05) is 10.0 Å². The van der Waals surface area contributed by atoms with Crippen LogP contribution in [0.3, 0.4) is 0 Å². The van der Waals surface area contributed by atoms with E-state index in [1.165, 1.54) is 52.3 Å². The van der Waals surface area contributed by atoms with Crippen molar-refractivity contribution in [3.8, 4) is 11.3 Å². The zero-order chi connectivity index (χ0) is 26.2. The number of benzene rings is 2. The zero-order valence-electron chi connectivity index (χ0n) is 19.7. The van der Waals surface area contributed by atoms with Gasteiger partial charge in [0.15, 0.2) is 4.96 Å². The summed E-state index contributed by atoms with van der Waals surface area (Å²) in [6, 6.07) is 16.4. The molecular weight excluding hydrogens is 512 g/mol. The Labute approximate surface area is 215 Å². The summed E-state index contributed by atoms with van der Waals surface area (Å²) in [6.07, 6.45) is 1.24. The largest absolute Gasteiger partial charge is 0.322 e. The number of carbonyl (C=O) groups excluding carboxylic acids is 1. The second kappa shape index (κ2) is 9.56. The molecule has 5 aromatic rings. The summed E-state index contributed by atoms with van der Waals surface area (Å²) in [7, 11) is -3.92. The normalized spacial score (nSPS) is 11.4. The van der Waals surface area contributed by atoms with Gasteiger partial charge >= 0.3 is 0 Å². The van der Waals surface area contributed by atoms with E-state index in [9.17, 15) is 18.0 Å². The molecule has 1 amide bonds. The number of carbonyl (C=O) groups is 1. The third-order valence-electron chi connectivity index (χ3n) is 5.39. The summed E-state index contributed by atoms with van der Waals surface area (Å²) in [5, 5.41) is 4.45. The average molecular weight is 533 g/mol. The number of nitrogens with zero attached hydrogens (tertiary/aromatic N) is 4. The maximum atomic E-state index is 13.2. The molecule has 0 fully saturated rings. The van der Waals surface area contributed by atoms with Crippen molar-refractivity contribution in [2.24, 2.45) is 0 Å². The number of thiazole rings is 1. The second-order valence-electron chi connectivity index (χ2n) is 8.11. The Kier molecular flexibility index (Phi) is 6.27. The van der Waals surface area contributed by atoms with Gasteiger partial charge < -0.3 is 5.32 Å². The highest BCUT2D eigenvalue weighted by Crippen LogP contribution is 2.24. The van der Waals surface area contributed by atoms with Crippen LogP contribution in [0.5, 0.6) is 0 Å². The monoisotopic (exact) mass is 532 g/mol. The van der Waals surface area contributed by atoms with Crippen LogP contribution in [0.15, 0.2) is 81.9 Å². The number of amides is 1. The van der Waals surface area contributed by atoms with Crippen LogP contribution in [-0.2, 0) is 10.0 Å². The Hall–Kier alpha value is -4.42. The Morgan fingerprint density at radius 3 is 2.43 bits per heavy atom. The molecule has 3 heterocycles. The number of hydrogen-bond acceptors (Lipinski definition) is 8. The van der Waals surface area contributed by atoms with Crippen molar-refractivity contribution in [2.45, 2.75) is 18.7 Å². The minimum atomic E-state index is -3.92. The van der Waals surface area contributed by atoms with Gasteiger partial charge in [0.2, 0.25) is 0 Å². The van der Waals surface area contributed by atoms with E-state index in [2.05, 4.69) is 25.0 Å². The summed E-state index contributed by atoms with van der Waals surface area (Å²) in [6.45, 7) is 3.41. The Morgan fingerprint density at radius 1 is 1.00 bits per heavy atom. The summed E-state index contributed by atoms with van der Waals surface area (Å²) in [4.78, 5) is 39.1. The number of aromatic nitrogens is 4. The molecular formula is C25H20N6O4S2. The van der Waals surface area contributed by atoms with Crippen molar-refractivity contribution in [3.05, 3.63) is 99.7 Å². The predicted octanol–water partition coefficient (Wildman–Crippen LogP) is 3.88. The highest BCUT2D eigenvalue weighted by Gasteiger charge is 2.19. The Bertz CT molecular complexity index is 1780. The summed E-state index contributed by atoms with van der Waals surface area (Å²) < 4.78 is 29.4. The summed E-state index contributed by atoms with van der Waals surface area (Å²) in [5.41, 5.74) is 1.78. The number of aryl methyl sites for hydroxylation is 2. The molecule has 12 heteroatoms. The standard InChI is InChI=1S/C25H20N6O4S2/c1-15-12-22(28-16(2)27-15)30-37(34,35)19-10-8-18(9-11-19)29-23(32)20-13-26-25-31(24(20)33)21(14-36-25)17-6-4-3-5-7-17/h3-14H,1-2H3,(H,29,32)(H,27,28,30). The lowest BCUT2D eigenvalue weighted by atomic mass is 10.2. The fraction of sp³-hybridized carbons (Fsp3) is 0.0800. The molecule has 10 nitrogen and oxygen atoms in total. The minimum Gasteiger partial charge on any atom is -0.322 e. The molecule has 186 valence electrons. The van der Waals surface area contributed by atoms with Gasteiger partial charge in [0.25, 0.3) is 21.5 Å². The van der Waals surface area contributed by atoms with Gasteiger partial charge in [-0.05, 0) is 43.7 Å². The van der Waals surface area contributed by atoms with Crippen molar-refractivity contribution in [1.29, 1.82) is 0 Å². The van der Waals surface area contributed by atoms with Gasteiger partial charge in [0, 0.05) is 29.0 Å². The highest BCUT2D eigenvalue weighted by atomic mass is 32.2. The third-order valence-corrected chi connectivity index (χ3v) is 7.60. The predicted molar refractivity (Wildman–Crippen MR) is 141 cm³/mol. The first-order valence-corrected chi connectivity index (χ1v) is 13.4. The fourth-order valence-electron chi connectivity index (χ4n) is 3.74. The molecule has 0 aliphatic heterocycles. The molecule has 2 N–H and O–H groups in total. The van der Waals surface area contributed by atoms with Gasteiger partial charge in [0.05, 0.1) is 10.6 Å². The van der Waals surface area contributed by atoms with Crippen LogP contribution in [0.1, 0.15) is 21.9 Å². The number of rotatable bonds is 6. The maximum Gasteiger partial charge on any atom is 0.271 e. The lowest BCUT2D eigenvalue weighted by molar-refractivity contribution is 0.102. The molecule has 5 rings (SSSR count). The van der Waals surface area contributed by atoms with E-state index in [1.54, 1.807) is 13.8 Å². The van der Waals surface area contributed by atoms with Crippen LogP contribution in [0.25, 0.3) is 16.2 Å². The smallest absolute Gasteiger partial charge is 0.271 e. The van der Waals surface area contributed by atoms with Crippen molar-refractivity contribution < 1.29 is 13.2 Å². The van der Waals surface area contributed by atoms with E-state index < -0.39 is 21.5 Å². The third kappa shape index (κ3) is 4.97. The number of fused-ring (bicyclic) bond motifs is 1. The van der Waals surface area contributed by atoms with E-state index in [0.29, 0.717) is 27.9 Å². The van der Waals surface area contributed by atoms with Crippen LogP contribution in [0, 0.1) is 13.8 Å². The lowest BCUT2D eigenvalue weighted by Crippen LogP contribution is -2.26. The fourth-order valence-corrected chi connectivity index (χ4v) is 5.59. The second-order valence-corrected chi connectivity index (χ2v) is 10.6. The number of hydrogen-bond donors (Lipinski definition) is 2. The maximum absolute atomic E-state index is 13.2. The molecule has 0 aliphatic carbocycles. The quantitative estimate of drug-likeness (QED) is 0.339. The first kappa shape index (κ1) is 24.3. The van der Waals surface area contributed by atoms with Crippen LogP contribution in [0.4, 0.5) is 11.5 Å². The number of nitrogens with one attached hydrogen (secondary N) is 2. The van der Waals surface area contributed by atoms with Gasteiger partial charge in [0.1, 0.15) is 17.2 Å². The molecule has 0 unspecified atom stereocenters. The van der Waals surface area contributed by atoms with Crippen molar-refractivity contribution in [3.63, 3.8) is 0 Å². The Morgan fingerprint density at radius 2 is 1.73 bits per heavy atom. The van der Waals surface area contributed by atoms with Crippen molar-refractivity contribution >= 4 is 43.7 Å². The molecule has 0 radical (unpaired) electrons. The first-order chi connectivity index (χ1) is 17.7. The molecule has 0 spiro atoms. The SMILES string of the molecule is Cc1cc(NS(=O)(=O)c2ccc(NC(=O)c3cnc4scc(-c5ccccc5)n4c3=O)cc2)nc(C)n1. The molecule has 0 atom stereocenters. The summed E-state index contributed by atoms with van der Waals surface area (Å²) in [5.74, 6) is -0.0514. The van der Waals surface area contributed by atoms with Crippen LogP contribution < -0.4 is 15.6 Å². The van der Waals surface area contributed by atoms with Gasteiger partial charge in [-0.1, -0.05) is 30.3 Å². The van der Waals surface area contributed by atoms with E-state index >= 15 is 0 Å². The van der Waals surface area contributed by atoms with E-state index in [0.717, 1.165) is 5.56 Å². The summed E-state index contributed by atoms with van der Waals surface area (Å²) >= 11 is 1.30. The topological polar surface area (TPSA) is 135 Å². The molecule has 0 aliphatic rings. The van der Waals surface area contributed by atoms with Gasteiger partial charge in [-0.25, -0.2) is 23.4 Å². The van der Waals surface area contributed by atoms with E-state index in [4.69, 9.17) is 0 Å². The molecule has 0 bridgehead atoms. The highest BCUT2D eigenvalue weighted by molar-refractivity contribution is 7.92. The zero-order valence-corrected chi connectivity index (χ0v) is 21.3. The van der Waals surface area contributed by atoms with Crippen LogP contribution >= 0.6 is 11.3 Å². The average Bonchev–Trinajstić information content (AvgIpc) is 3.29. The van der Waals surface area contributed by atoms with Crippen LogP contribution in [0.2, 0.25) is 0 Å². The molecule has 3 aromatic heterocycles. The lowest BCUT2D eigenvalue weighted by Gasteiger charge is -2.10. The van der Waals surface area contributed by atoms with Gasteiger partial charge in [-0.15, -0.1) is 11.3 Å². The first-order valence-electron chi connectivity index (χ1n) is 11.0. The Balaban J connectivity index is 1.37. The van der Waals surface area contributed by atoms with E-state index in [-0.39, 0.29) is 16.3 Å². The van der Waals surface area contributed by atoms with E-state index in [1.807, 2.05) is 35.7 Å². The van der Waals surface area contributed by atoms with Crippen molar-refractivity contribution in [1.82, 2.24) is 19.4 Å². The number of anilines is 2. The molecule has 0 saturated carbocycles. The van der Waals surface area contributed by atoms with Gasteiger partial charge in [-0.3, -0.25) is 18.7 Å². The minimum absolute atomic E-state index is 0.0200. The van der Waals surface area contributed by atoms with Crippen LogP contribution in [-0.4, -0.2) is 33.7 Å². The number of sulfonamides is 1.